The molecule has 1 amide bonds. The molecule has 1 atom stereocenters. The van der Waals surface area contributed by atoms with Crippen LogP contribution in [0.4, 0.5) is 4.39 Å². The molecule has 0 saturated heterocycles. The lowest BCUT2D eigenvalue weighted by Crippen LogP contribution is -2.30. The number of carbonyl (C=O) groups is 1. The molecule has 0 radical (unpaired) electrons. The van der Waals surface area contributed by atoms with Gasteiger partial charge in [-0.1, -0.05) is 42.5 Å². The summed E-state index contributed by atoms with van der Waals surface area (Å²) in [6, 6.07) is 18.2. The normalized spacial score (nSPS) is 11.9. The van der Waals surface area contributed by atoms with E-state index in [9.17, 15) is 9.18 Å². The maximum atomic E-state index is 13.2. The van der Waals surface area contributed by atoms with Gasteiger partial charge in [-0.2, -0.15) is 0 Å². The van der Waals surface area contributed by atoms with Gasteiger partial charge in [0.2, 0.25) is 5.91 Å². The first-order valence-corrected chi connectivity index (χ1v) is 10.4. The molecule has 0 unspecified atom stereocenters. The number of amides is 1. The van der Waals surface area contributed by atoms with Crippen LogP contribution in [0.2, 0.25) is 0 Å². The predicted octanol–water partition coefficient (Wildman–Crippen LogP) is 5.33. The Morgan fingerprint density at radius 3 is 2.58 bits per heavy atom. The average Bonchev–Trinajstić information content (AvgIpc) is 3.17. The molecule has 0 aliphatic heterocycles. The summed E-state index contributed by atoms with van der Waals surface area (Å²) < 4.78 is 13.2. The summed E-state index contributed by atoms with van der Waals surface area (Å²) in [6.45, 7) is 2.08. The number of aryl methyl sites for hydroxylation is 1. The van der Waals surface area contributed by atoms with Gasteiger partial charge in [0.05, 0.1) is 11.8 Å². The lowest BCUT2D eigenvalue weighted by atomic mass is 10.1. The number of thioether (sulfide) groups is 1. The van der Waals surface area contributed by atoms with Crippen LogP contribution < -0.4 is 5.32 Å². The largest absolute Gasteiger partial charge is 0.344 e. The van der Waals surface area contributed by atoms with E-state index in [-0.39, 0.29) is 17.8 Å². The van der Waals surface area contributed by atoms with Gasteiger partial charge in [0.1, 0.15) is 5.82 Å². The summed E-state index contributed by atoms with van der Waals surface area (Å²) in [5.41, 5.74) is 3.37. The molecule has 134 valence electrons. The fourth-order valence-corrected chi connectivity index (χ4v) is 4.37. The molecule has 0 fully saturated rings. The highest BCUT2D eigenvalue weighted by molar-refractivity contribution is 7.99. The van der Waals surface area contributed by atoms with Crippen LogP contribution in [0.5, 0.6) is 0 Å². The second-order valence-electron chi connectivity index (χ2n) is 5.99. The molecule has 1 aromatic heterocycles. The number of halogens is 1. The predicted molar refractivity (Wildman–Crippen MR) is 108 cm³/mol. The van der Waals surface area contributed by atoms with Crippen molar-refractivity contribution in [2.45, 2.75) is 18.7 Å². The molecular formula is C21H20FNOS2. The monoisotopic (exact) mass is 385 g/mol. The van der Waals surface area contributed by atoms with Gasteiger partial charge in [0, 0.05) is 10.6 Å². The summed E-state index contributed by atoms with van der Waals surface area (Å²) in [6.07, 6.45) is 0. The highest BCUT2D eigenvalue weighted by Crippen LogP contribution is 2.26. The summed E-state index contributed by atoms with van der Waals surface area (Å²) in [5, 5.41) is 5.06. The first-order valence-electron chi connectivity index (χ1n) is 8.34. The van der Waals surface area contributed by atoms with Crippen molar-refractivity contribution in [1.29, 1.82) is 0 Å². The molecule has 0 bridgehead atoms. The minimum atomic E-state index is -0.279. The summed E-state index contributed by atoms with van der Waals surface area (Å²) in [7, 11) is 0. The maximum Gasteiger partial charge on any atom is 0.230 e. The molecular weight excluding hydrogens is 365 g/mol. The number of thiophene rings is 1. The molecule has 1 N–H and O–H groups in total. The Morgan fingerprint density at radius 2 is 1.88 bits per heavy atom. The Morgan fingerprint density at radius 1 is 1.12 bits per heavy atom. The summed E-state index contributed by atoms with van der Waals surface area (Å²) in [5.74, 6) is 0.891. The van der Waals surface area contributed by atoms with Crippen LogP contribution >= 0.6 is 23.1 Å². The number of benzene rings is 2. The lowest BCUT2D eigenvalue weighted by Gasteiger charge is -2.18. The van der Waals surface area contributed by atoms with E-state index in [4.69, 9.17) is 0 Å². The molecule has 1 heterocycles. The molecule has 0 spiro atoms. The Bertz CT molecular complexity index is 847. The van der Waals surface area contributed by atoms with Gasteiger partial charge in [-0.3, -0.25) is 4.79 Å². The van der Waals surface area contributed by atoms with Crippen molar-refractivity contribution < 1.29 is 9.18 Å². The van der Waals surface area contributed by atoms with Gasteiger partial charge in [0.15, 0.2) is 0 Å². The zero-order chi connectivity index (χ0) is 18.4. The highest BCUT2D eigenvalue weighted by atomic mass is 32.2. The van der Waals surface area contributed by atoms with Gasteiger partial charge in [-0.25, -0.2) is 4.39 Å². The van der Waals surface area contributed by atoms with Gasteiger partial charge < -0.3 is 5.32 Å². The number of hydrogen-bond donors (Lipinski definition) is 1. The number of carbonyl (C=O) groups excluding carboxylic acids is 1. The van der Waals surface area contributed by atoms with Crippen LogP contribution in [-0.2, 0) is 10.5 Å². The SMILES string of the molecule is Cc1ccccc1CSCC(=O)N[C@H](c1ccc(F)cc1)c1cccs1. The van der Waals surface area contributed by atoms with Crippen molar-refractivity contribution >= 4 is 29.0 Å². The average molecular weight is 386 g/mol. The van der Waals surface area contributed by atoms with Crippen LogP contribution in [0, 0.1) is 12.7 Å². The minimum Gasteiger partial charge on any atom is -0.344 e. The van der Waals surface area contributed by atoms with E-state index in [1.54, 1.807) is 35.2 Å². The fourth-order valence-electron chi connectivity index (χ4n) is 2.66. The van der Waals surface area contributed by atoms with E-state index < -0.39 is 0 Å². The third-order valence-electron chi connectivity index (χ3n) is 4.09. The van der Waals surface area contributed by atoms with Crippen LogP contribution in [0.1, 0.15) is 27.6 Å². The Balaban J connectivity index is 1.62. The van der Waals surface area contributed by atoms with Crippen molar-refractivity contribution in [2.24, 2.45) is 0 Å². The van der Waals surface area contributed by atoms with Crippen LogP contribution in [0.3, 0.4) is 0 Å². The van der Waals surface area contributed by atoms with Crippen LogP contribution in [0.25, 0.3) is 0 Å². The molecule has 2 nitrogen and oxygen atoms in total. The molecule has 0 saturated carbocycles. The molecule has 0 aliphatic rings. The molecule has 3 aromatic rings. The molecule has 0 aliphatic carbocycles. The van der Waals surface area contributed by atoms with Crippen molar-refractivity contribution in [3.8, 4) is 0 Å². The number of rotatable bonds is 7. The summed E-state index contributed by atoms with van der Waals surface area (Å²) in [4.78, 5) is 13.5. The fraction of sp³-hybridized carbons (Fsp3) is 0.190. The Labute approximate surface area is 161 Å². The zero-order valence-corrected chi connectivity index (χ0v) is 16.1. The van der Waals surface area contributed by atoms with Gasteiger partial charge in [-0.15, -0.1) is 23.1 Å². The Kier molecular flexibility index (Phi) is 6.47. The third kappa shape index (κ3) is 4.96. The van der Waals surface area contributed by atoms with E-state index in [1.807, 2.05) is 29.6 Å². The van der Waals surface area contributed by atoms with E-state index >= 15 is 0 Å². The van der Waals surface area contributed by atoms with E-state index in [0.29, 0.717) is 5.75 Å². The maximum absolute atomic E-state index is 13.2. The smallest absolute Gasteiger partial charge is 0.230 e. The van der Waals surface area contributed by atoms with Crippen molar-refractivity contribution in [3.05, 3.63) is 93.4 Å². The van der Waals surface area contributed by atoms with E-state index in [0.717, 1.165) is 16.2 Å². The third-order valence-corrected chi connectivity index (χ3v) is 6.01. The zero-order valence-electron chi connectivity index (χ0n) is 14.4. The van der Waals surface area contributed by atoms with Crippen LogP contribution in [-0.4, -0.2) is 11.7 Å². The van der Waals surface area contributed by atoms with Gasteiger partial charge in [-0.05, 0) is 47.2 Å². The van der Waals surface area contributed by atoms with Crippen molar-refractivity contribution in [1.82, 2.24) is 5.32 Å². The minimum absolute atomic E-state index is 0.0219. The highest BCUT2D eigenvalue weighted by Gasteiger charge is 2.18. The Hall–Kier alpha value is -2.11. The van der Waals surface area contributed by atoms with E-state index in [2.05, 4.69) is 24.4 Å². The second kappa shape index (κ2) is 9.01. The molecule has 3 rings (SSSR count). The molecule has 26 heavy (non-hydrogen) atoms. The first kappa shape index (κ1) is 18.7. The van der Waals surface area contributed by atoms with Crippen molar-refractivity contribution in [2.75, 3.05) is 5.75 Å². The van der Waals surface area contributed by atoms with Gasteiger partial charge >= 0.3 is 0 Å². The topological polar surface area (TPSA) is 29.1 Å². The molecule has 2 aromatic carbocycles. The second-order valence-corrected chi connectivity index (χ2v) is 7.95. The summed E-state index contributed by atoms with van der Waals surface area (Å²) >= 11 is 3.18. The van der Waals surface area contributed by atoms with Crippen LogP contribution in [0.15, 0.2) is 66.0 Å². The van der Waals surface area contributed by atoms with E-state index in [1.165, 1.54) is 23.3 Å². The van der Waals surface area contributed by atoms with Gasteiger partial charge in [0.25, 0.3) is 0 Å². The quantitative estimate of drug-likeness (QED) is 0.595. The number of hydrogen-bond acceptors (Lipinski definition) is 3. The lowest BCUT2D eigenvalue weighted by molar-refractivity contribution is -0.119. The standard InChI is InChI=1S/C21H20FNOS2/c1-15-5-2-3-6-17(15)13-25-14-20(24)23-21(19-7-4-12-26-19)16-8-10-18(22)11-9-16/h2-12,21H,13-14H2,1H3,(H,23,24)/t21-/m1/s1. The first-order chi connectivity index (χ1) is 12.6. The number of nitrogens with one attached hydrogen (secondary N) is 1. The van der Waals surface area contributed by atoms with Crippen molar-refractivity contribution in [3.63, 3.8) is 0 Å². The molecule has 5 heteroatoms.